The van der Waals surface area contributed by atoms with Gasteiger partial charge in [-0.1, -0.05) is 23.2 Å². The largest absolute Gasteiger partial charge is 0.481 e. The third kappa shape index (κ3) is 5.00. The van der Waals surface area contributed by atoms with Crippen LogP contribution in [0, 0.1) is 0 Å². The lowest BCUT2D eigenvalue weighted by Crippen LogP contribution is -2.56. The molecule has 1 amide bonds. The molecule has 1 aliphatic rings. The second-order valence-corrected chi connectivity index (χ2v) is 6.63. The van der Waals surface area contributed by atoms with Crippen LogP contribution in [-0.4, -0.2) is 41.8 Å². The number of halogens is 2. The number of aliphatic carboxylic acids is 1. The van der Waals surface area contributed by atoms with Crippen LogP contribution >= 0.6 is 23.2 Å². The average molecular weight is 376 g/mol. The zero-order valence-electron chi connectivity index (χ0n) is 13.2. The molecule has 0 saturated carbocycles. The molecule has 0 radical (unpaired) electrons. The van der Waals surface area contributed by atoms with Crippen LogP contribution in [0.4, 0.5) is 0 Å². The minimum atomic E-state index is -0.966. The lowest BCUT2D eigenvalue weighted by atomic mass is 9.86. The SMILES string of the molecule is CC(Oc1ccc(Cl)cc1Cl)C(=O)NC1(CC(=O)O)CCOCC1. The Morgan fingerprint density at radius 3 is 2.62 bits per heavy atom. The van der Waals surface area contributed by atoms with Gasteiger partial charge in [0.2, 0.25) is 0 Å². The van der Waals surface area contributed by atoms with Crippen molar-refractivity contribution in [3.05, 3.63) is 28.2 Å². The molecule has 1 unspecified atom stereocenters. The Labute approximate surface area is 150 Å². The van der Waals surface area contributed by atoms with Crippen molar-refractivity contribution in [3.63, 3.8) is 0 Å². The number of benzene rings is 1. The standard InChI is InChI=1S/C16H19Cl2NO5/c1-10(24-13-3-2-11(17)8-12(13)18)15(22)19-16(9-14(20)21)4-6-23-7-5-16/h2-3,8,10H,4-7,9H2,1H3,(H,19,22)(H,20,21). The van der Waals surface area contributed by atoms with Gasteiger partial charge < -0.3 is 19.9 Å². The maximum Gasteiger partial charge on any atom is 0.305 e. The Hall–Kier alpha value is -1.50. The van der Waals surface area contributed by atoms with Crippen LogP contribution in [0.3, 0.4) is 0 Å². The molecule has 1 fully saturated rings. The maximum atomic E-state index is 12.4. The van der Waals surface area contributed by atoms with Gasteiger partial charge in [-0.3, -0.25) is 9.59 Å². The smallest absolute Gasteiger partial charge is 0.305 e. The minimum absolute atomic E-state index is 0.156. The number of nitrogens with one attached hydrogen (secondary N) is 1. The fraction of sp³-hybridized carbons (Fsp3) is 0.500. The number of hydrogen-bond donors (Lipinski definition) is 2. The van der Waals surface area contributed by atoms with E-state index < -0.39 is 23.5 Å². The Morgan fingerprint density at radius 1 is 1.38 bits per heavy atom. The van der Waals surface area contributed by atoms with E-state index in [1.165, 1.54) is 6.07 Å². The van der Waals surface area contributed by atoms with E-state index in [1.54, 1.807) is 19.1 Å². The number of carboxylic acid groups (broad SMARTS) is 1. The summed E-state index contributed by atoms with van der Waals surface area (Å²) in [4.78, 5) is 23.6. The average Bonchev–Trinajstić information content (AvgIpc) is 2.49. The first kappa shape index (κ1) is 18.8. The number of carbonyl (C=O) groups is 2. The van der Waals surface area contributed by atoms with Gasteiger partial charge >= 0.3 is 5.97 Å². The molecule has 132 valence electrons. The summed E-state index contributed by atoms with van der Waals surface area (Å²) in [5, 5.41) is 12.7. The molecule has 2 N–H and O–H groups in total. The van der Waals surface area contributed by atoms with Crippen LogP contribution in [0.15, 0.2) is 18.2 Å². The summed E-state index contributed by atoms with van der Waals surface area (Å²) in [5.41, 5.74) is -0.817. The quantitative estimate of drug-likeness (QED) is 0.798. The van der Waals surface area contributed by atoms with Crippen LogP contribution in [0.1, 0.15) is 26.2 Å². The van der Waals surface area contributed by atoms with Crippen LogP contribution in [0.25, 0.3) is 0 Å². The lowest BCUT2D eigenvalue weighted by Gasteiger charge is -2.37. The van der Waals surface area contributed by atoms with Gasteiger partial charge in [0.15, 0.2) is 6.10 Å². The van der Waals surface area contributed by atoms with Crippen molar-refractivity contribution in [1.29, 1.82) is 0 Å². The number of carboxylic acids is 1. The van der Waals surface area contributed by atoms with E-state index in [9.17, 15) is 9.59 Å². The zero-order valence-corrected chi connectivity index (χ0v) is 14.7. The highest BCUT2D eigenvalue weighted by atomic mass is 35.5. The maximum absolute atomic E-state index is 12.4. The molecule has 2 rings (SSSR count). The predicted molar refractivity (Wildman–Crippen MR) is 89.7 cm³/mol. The topological polar surface area (TPSA) is 84.9 Å². The van der Waals surface area contributed by atoms with Crippen molar-refractivity contribution in [3.8, 4) is 5.75 Å². The van der Waals surface area contributed by atoms with E-state index in [0.29, 0.717) is 41.9 Å². The van der Waals surface area contributed by atoms with Crippen LogP contribution in [0.5, 0.6) is 5.75 Å². The Morgan fingerprint density at radius 2 is 2.04 bits per heavy atom. The molecule has 8 heteroatoms. The van der Waals surface area contributed by atoms with E-state index in [4.69, 9.17) is 37.8 Å². The van der Waals surface area contributed by atoms with Gasteiger partial charge in [-0.2, -0.15) is 0 Å². The number of ether oxygens (including phenoxy) is 2. The summed E-state index contributed by atoms with van der Waals surface area (Å²) < 4.78 is 10.8. The molecule has 0 aromatic heterocycles. The first-order valence-electron chi connectivity index (χ1n) is 7.55. The third-order valence-electron chi connectivity index (χ3n) is 3.89. The van der Waals surface area contributed by atoms with Crippen LogP contribution < -0.4 is 10.1 Å². The molecule has 1 aliphatic heterocycles. The summed E-state index contributed by atoms with van der Waals surface area (Å²) in [6.45, 7) is 2.39. The van der Waals surface area contributed by atoms with Gasteiger partial charge in [-0.05, 0) is 38.0 Å². The summed E-state index contributed by atoms with van der Waals surface area (Å²) in [6.07, 6.45) is -0.104. The van der Waals surface area contributed by atoms with Crippen LogP contribution in [-0.2, 0) is 14.3 Å². The molecule has 6 nitrogen and oxygen atoms in total. The first-order chi connectivity index (χ1) is 11.3. The highest BCUT2D eigenvalue weighted by Gasteiger charge is 2.37. The Bertz CT molecular complexity index is 616. The molecule has 0 bridgehead atoms. The van der Waals surface area contributed by atoms with Crippen molar-refractivity contribution in [1.82, 2.24) is 5.32 Å². The van der Waals surface area contributed by atoms with Gasteiger partial charge in [0.05, 0.1) is 17.0 Å². The zero-order chi connectivity index (χ0) is 17.7. The number of amides is 1. The van der Waals surface area contributed by atoms with Gasteiger partial charge in [-0.25, -0.2) is 0 Å². The fourth-order valence-electron chi connectivity index (χ4n) is 2.58. The van der Waals surface area contributed by atoms with Gasteiger partial charge in [0.1, 0.15) is 5.75 Å². The summed E-state index contributed by atoms with van der Waals surface area (Å²) in [5.74, 6) is -1.03. The normalized spacial score (nSPS) is 17.8. The molecule has 1 heterocycles. The van der Waals surface area contributed by atoms with Gasteiger partial charge in [0.25, 0.3) is 5.91 Å². The Balaban J connectivity index is 2.04. The Kier molecular flexibility index (Phi) is 6.32. The summed E-state index contributed by atoms with van der Waals surface area (Å²) >= 11 is 11.9. The lowest BCUT2D eigenvalue weighted by molar-refractivity contribution is -0.141. The van der Waals surface area contributed by atoms with E-state index in [2.05, 4.69) is 5.32 Å². The van der Waals surface area contributed by atoms with Crippen LogP contribution in [0.2, 0.25) is 10.0 Å². The highest BCUT2D eigenvalue weighted by molar-refractivity contribution is 6.35. The molecule has 1 aromatic carbocycles. The minimum Gasteiger partial charge on any atom is -0.481 e. The van der Waals surface area contributed by atoms with Crippen molar-refractivity contribution in [2.75, 3.05) is 13.2 Å². The second-order valence-electron chi connectivity index (χ2n) is 5.79. The molecular weight excluding hydrogens is 357 g/mol. The molecule has 1 atom stereocenters. The summed E-state index contributed by atoms with van der Waals surface area (Å²) in [6, 6.07) is 4.71. The number of carbonyl (C=O) groups excluding carboxylic acids is 1. The van der Waals surface area contributed by atoms with E-state index in [0.717, 1.165) is 0 Å². The molecule has 24 heavy (non-hydrogen) atoms. The van der Waals surface area contributed by atoms with E-state index in [-0.39, 0.29) is 6.42 Å². The van der Waals surface area contributed by atoms with Crippen molar-refractivity contribution < 1.29 is 24.2 Å². The molecule has 1 aromatic rings. The van der Waals surface area contributed by atoms with E-state index in [1.807, 2.05) is 0 Å². The monoisotopic (exact) mass is 375 g/mol. The predicted octanol–water partition coefficient (Wildman–Crippen LogP) is 2.90. The van der Waals surface area contributed by atoms with E-state index >= 15 is 0 Å². The second kappa shape index (κ2) is 8.05. The number of hydrogen-bond acceptors (Lipinski definition) is 4. The molecule has 0 aliphatic carbocycles. The van der Waals surface area contributed by atoms with Crippen molar-refractivity contribution >= 4 is 35.1 Å². The van der Waals surface area contributed by atoms with Crippen molar-refractivity contribution in [2.24, 2.45) is 0 Å². The first-order valence-corrected chi connectivity index (χ1v) is 8.30. The molecule has 1 saturated heterocycles. The highest BCUT2D eigenvalue weighted by Crippen LogP contribution is 2.29. The third-order valence-corrected chi connectivity index (χ3v) is 4.43. The van der Waals surface area contributed by atoms with Crippen molar-refractivity contribution in [2.45, 2.75) is 37.8 Å². The fourth-order valence-corrected chi connectivity index (χ4v) is 3.03. The van der Waals surface area contributed by atoms with Gasteiger partial charge in [0, 0.05) is 18.2 Å². The number of rotatable bonds is 6. The molecule has 0 spiro atoms. The molecular formula is C16H19Cl2NO5. The van der Waals surface area contributed by atoms with Gasteiger partial charge in [-0.15, -0.1) is 0 Å². The summed E-state index contributed by atoms with van der Waals surface area (Å²) in [7, 11) is 0.